The number of nitrogens with one attached hydrogen (secondary N) is 1. The van der Waals surface area contributed by atoms with E-state index in [9.17, 15) is 4.39 Å². The smallest absolute Gasteiger partial charge is 0.123 e. The fraction of sp³-hybridized carbons (Fsp3) is 0.571. The highest BCUT2D eigenvalue weighted by atomic mass is 79.9. The number of benzene rings is 1. The van der Waals surface area contributed by atoms with Gasteiger partial charge in [-0.15, -0.1) is 0 Å². The summed E-state index contributed by atoms with van der Waals surface area (Å²) in [6, 6.07) is 4.77. The monoisotopic (exact) mass is 316 g/mol. The summed E-state index contributed by atoms with van der Waals surface area (Å²) in [7, 11) is 4.15. The first-order valence-corrected chi connectivity index (χ1v) is 6.89. The average Bonchev–Trinajstić information content (AvgIpc) is 2.21. The van der Waals surface area contributed by atoms with Gasteiger partial charge in [-0.1, -0.05) is 29.8 Å². The van der Waals surface area contributed by atoms with E-state index in [0.29, 0.717) is 6.54 Å². The molecule has 0 atom stereocenters. The zero-order valence-electron chi connectivity index (χ0n) is 11.6. The quantitative estimate of drug-likeness (QED) is 0.866. The molecule has 0 saturated heterocycles. The lowest BCUT2D eigenvalue weighted by Crippen LogP contribution is -2.37. The molecule has 18 heavy (non-hydrogen) atoms. The van der Waals surface area contributed by atoms with Crippen LogP contribution in [0.15, 0.2) is 22.7 Å². The number of hydrogen-bond donors (Lipinski definition) is 1. The molecular formula is C14H22BrFN2. The van der Waals surface area contributed by atoms with E-state index in [1.165, 1.54) is 6.07 Å². The average molecular weight is 317 g/mol. The normalized spacial score (nSPS) is 12.2. The zero-order chi connectivity index (χ0) is 13.8. The molecule has 0 aliphatic rings. The number of hydrogen-bond acceptors (Lipinski definition) is 2. The maximum absolute atomic E-state index is 13.1. The minimum atomic E-state index is -0.192. The van der Waals surface area contributed by atoms with Crippen molar-refractivity contribution in [2.24, 2.45) is 5.41 Å². The molecule has 0 spiro atoms. The molecule has 0 amide bonds. The van der Waals surface area contributed by atoms with Gasteiger partial charge in [-0.25, -0.2) is 4.39 Å². The van der Waals surface area contributed by atoms with Crippen LogP contribution in [0.3, 0.4) is 0 Å². The minimum absolute atomic E-state index is 0.192. The van der Waals surface area contributed by atoms with Crippen molar-refractivity contribution in [2.45, 2.75) is 20.4 Å². The van der Waals surface area contributed by atoms with Gasteiger partial charge in [0.05, 0.1) is 0 Å². The highest BCUT2D eigenvalue weighted by Gasteiger charge is 2.18. The fourth-order valence-corrected chi connectivity index (χ4v) is 2.51. The molecule has 0 bridgehead atoms. The highest BCUT2D eigenvalue weighted by Crippen LogP contribution is 2.19. The molecule has 0 saturated carbocycles. The predicted molar refractivity (Wildman–Crippen MR) is 78.1 cm³/mol. The van der Waals surface area contributed by atoms with E-state index < -0.39 is 0 Å². The molecule has 0 radical (unpaired) electrons. The molecule has 1 aromatic rings. The van der Waals surface area contributed by atoms with Crippen LogP contribution in [-0.4, -0.2) is 32.1 Å². The predicted octanol–water partition coefficient (Wildman–Crippen LogP) is 3.27. The van der Waals surface area contributed by atoms with Gasteiger partial charge in [0.15, 0.2) is 0 Å². The van der Waals surface area contributed by atoms with E-state index in [4.69, 9.17) is 0 Å². The molecule has 0 aromatic heterocycles. The van der Waals surface area contributed by atoms with Gasteiger partial charge >= 0.3 is 0 Å². The number of nitrogens with zero attached hydrogens (tertiary/aromatic N) is 1. The molecule has 0 aliphatic carbocycles. The Morgan fingerprint density at radius 2 is 2.00 bits per heavy atom. The number of rotatable bonds is 6. The lowest BCUT2D eigenvalue weighted by atomic mass is 9.93. The molecule has 0 heterocycles. The Balaban J connectivity index is 2.48. The Morgan fingerprint density at radius 1 is 1.33 bits per heavy atom. The number of halogens is 2. The van der Waals surface area contributed by atoms with Gasteiger partial charge in [-0.3, -0.25) is 0 Å². The van der Waals surface area contributed by atoms with Crippen molar-refractivity contribution in [3.05, 3.63) is 34.1 Å². The summed E-state index contributed by atoms with van der Waals surface area (Å²) in [6.45, 7) is 7.04. The van der Waals surface area contributed by atoms with Gasteiger partial charge in [-0.2, -0.15) is 0 Å². The third kappa shape index (κ3) is 5.46. The van der Waals surface area contributed by atoms with E-state index in [2.05, 4.69) is 54.1 Å². The summed E-state index contributed by atoms with van der Waals surface area (Å²) in [4.78, 5) is 2.18. The summed E-state index contributed by atoms with van der Waals surface area (Å²) < 4.78 is 14.1. The van der Waals surface area contributed by atoms with Crippen LogP contribution in [0.25, 0.3) is 0 Å². The molecule has 0 unspecified atom stereocenters. The maximum Gasteiger partial charge on any atom is 0.123 e. The second kappa shape index (κ2) is 6.64. The second-order valence-corrected chi connectivity index (χ2v) is 6.60. The Morgan fingerprint density at radius 3 is 2.61 bits per heavy atom. The van der Waals surface area contributed by atoms with Crippen molar-refractivity contribution in [3.63, 3.8) is 0 Å². The van der Waals surface area contributed by atoms with Crippen LogP contribution in [0.1, 0.15) is 19.4 Å². The summed E-state index contributed by atoms with van der Waals surface area (Å²) in [5.41, 5.74) is 1.15. The van der Waals surface area contributed by atoms with Gasteiger partial charge in [0.25, 0.3) is 0 Å². The van der Waals surface area contributed by atoms with Gasteiger partial charge in [0.2, 0.25) is 0 Å². The molecule has 1 rings (SSSR count). The van der Waals surface area contributed by atoms with Crippen molar-refractivity contribution in [2.75, 3.05) is 27.2 Å². The molecular weight excluding hydrogens is 295 g/mol. The van der Waals surface area contributed by atoms with Crippen molar-refractivity contribution in [3.8, 4) is 0 Å². The summed E-state index contributed by atoms with van der Waals surface area (Å²) in [5, 5.41) is 3.39. The zero-order valence-corrected chi connectivity index (χ0v) is 13.1. The third-order valence-corrected chi connectivity index (χ3v) is 3.44. The van der Waals surface area contributed by atoms with Crippen molar-refractivity contribution >= 4 is 15.9 Å². The van der Waals surface area contributed by atoms with Crippen molar-refractivity contribution in [1.29, 1.82) is 0 Å². The van der Waals surface area contributed by atoms with E-state index in [1.807, 2.05) is 0 Å². The van der Waals surface area contributed by atoms with Crippen LogP contribution in [0.2, 0.25) is 0 Å². The van der Waals surface area contributed by atoms with Crippen LogP contribution in [0, 0.1) is 11.2 Å². The Labute approximate surface area is 118 Å². The van der Waals surface area contributed by atoms with Crippen molar-refractivity contribution in [1.82, 2.24) is 10.2 Å². The Kier molecular flexibility index (Phi) is 5.76. The first kappa shape index (κ1) is 15.6. The van der Waals surface area contributed by atoms with Gasteiger partial charge in [0, 0.05) is 24.1 Å². The summed E-state index contributed by atoms with van der Waals surface area (Å²) >= 11 is 3.44. The Bertz CT molecular complexity index is 391. The molecule has 1 aromatic carbocycles. The highest BCUT2D eigenvalue weighted by molar-refractivity contribution is 9.10. The van der Waals surface area contributed by atoms with Gasteiger partial charge < -0.3 is 10.2 Å². The first-order chi connectivity index (χ1) is 8.30. The SMILES string of the molecule is CN(C)CC(C)(C)CNCc1cc(F)ccc1Br. The standard InChI is InChI=1S/C14H22BrFN2/c1-14(2,10-18(3)4)9-17-8-11-7-12(16)5-6-13(11)15/h5-7,17H,8-10H2,1-4H3. The summed E-state index contributed by atoms with van der Waals surface area (Å²) in [6.07, 6.45) is 0. The molecule has 0 fully saturated rings. The molecule has 102 valence electrons. The second-order valence-electron chi connectivity index (χ2n) is 5.74. The molecule has 1 N–H and O–H groups in total. The van der Waals surface area contributed by atoms with E-state index >= 15 is 0 Å². The molecule has 4 heteroatoms. The molecule has 0 aliphatic heterocycles. The van der Waals surface area contributed by atoms with E-state index in [1.54, 1.807) is 12.1 Å². The lowest BCUT2D eigenvalue weighted by molar-refractivity contribution is 0.232. The topological polar surface area (TPSA) is 15.3 Å². The van der Waals surface area contributed by atoms with E-state index in [0.717, 1.165) is 23.1 Å². The maximum atomic E-state index is 13.1. The van der Waals surface area contributed by atoms with Crippen molar-refractivity contribution < 1.29 is 4.39 Å². The fourth-order valence-electron chi connectivity index (χ4n) is 2.13. The van der Waals surface area contributed by atoms with Crippen LogP contribution in [0.5, 0.6) is 0 Å². The molecule has 2 nitrogen and oxygen atoms in total. The minimum Gasteiger partial charge on any atom is -0.312 e. The van der Waals surface area contributed by atoms with Crippen LogP contribution in [0.4, 0.5) is 4.39 Å². The first-order valence-electron chi connectivity index (χ1n) is 6.09. The largest absolute Gasteiger partial charge is 0.312 e. The van der Waals surface area contributed by atoms with E-state index in [-0.39, 0.29) is 11.2 Å². The summed E-state index contributed by atoms with van der Waals surface area (Å²) in [5.74, 6) is -0.192. The Hall–Kier alpha value is -0.450. The van der Waals surface area contributed by atoms with Crippen LogP contribution in [-0.2, 0) is 6.54 Å². The third-order valence-electron chi connectivity index (χ3n) is 2.67. The van der Waals surface area contributed by atoms with Gasteiger partial charge in [-0.05, 0) is 43.3 Å². The lowest BCUT2D eigenvalue weighted by Gasteiger charge is -2.28. The van der Waals surface area contributed by atoms with Crippen LogP contribution < -0.4 is 5.32 Å². The van der Waals surface area contributed by atoms with Crippen LogP contribution >= 0.6 is 15.9 Å². The van der Waals surface area contributed by atoms with Gasteiger partial charge in [0.1, 0.15) is 5.82 Å².